The van der Waals surface area contributed by atoms with E-state index >= 15 is 0 Å². The van der Waals surface area contributed by atoms with E-state index in [1.165, 1.54) is 6.33 Å². The molecule has 1 aromatic carbocycles. The summed E-state index contributed by atoms with van der Waals surface area (Å²) < 4.78 is 1.78. The minimum atomic E-state index is 0.0767. The fourth-order valence-corrected chi connectivity index (χ4v) is 2.49. The molecule has 22 heavy (non-hydrogen) atoms. The van der Waals surface area contributed by atoms with Crippen LogP contribution in [0.3, 0.4) is 0 Å². The summed E-state index contributed by atoms with van der Waals surface area (Å²) in [5.74, 6) is 0.691. The molecule has 1 amide bonds. The van der Waals surface area contributed by atoms with Gasteiger partial charge in [0.05, 0.1) is 6.54 Å². The lowest BCUT2D eigenvalue weighted by molar-refractivity contribution is -0.126. The number of carbonyl (C=O) groups is 1. The zero-order valence-electron chi connectivity index (χ0n) is 12.7. The van der Waals surface area contributed by atoms with Crippen molar-refractivity contribution in [2.45, 2.75) is 20.0 Å². The molecule has 1 aliphatic rings. The molecule has 0 bridgehead atoms. The van der Waals surface area contributed by atoms with E-state index in [2.05, 4.69) is 32.8 Å². The van der Waals surface area contributed by atoms with Gasteiger partial charge >= 0.3 is 0 Å². The molecule has 1 fully saturated rings. The molecule has 2 N–H and O–H groups in total. The van der Waals surface area contributed by atoms with Crippen molar-refractivity contribution < 1.29 is 4.79 Å². The lowest BCUT2D eigenvalue weighted by Crippen LogP contribution is -2.49. The van der Waals surface area contributed by atoms with Crippen LogP contribution in [-0.4, -0.2) is 33.8 Å². The Hall–Kier alpha value is -2.21. The average molecular weight is 299 g/mol. The van der Waals surface area contributed by atoms with Gasteiger partial charge in [-0.15, -0.1) is 0 Å². The highest BCUT2D eigenvalue weighted by atomic mass is 16.1. The summed E-state index contributed by atoms with van der Waals surface area (Å²) in [4.78, 5) is 16.0. The van der Waals surface area contributed by atoms with Crippen molar-refractivity contribution in [1.29, 1.82) is 0 Å². The summed E-state index contributed by atoms with van der Waals surface area (Å²) in [6, 6.07) is 8.20. The lowest BCUT2D eigenvalue weighted by Gasteiger charge is -2.31. The number of nitrogens with zero attached hydrogens (tertiary/aromatic N) is 3. The van der Waals surface area contributed by atoms with Crippen molar-refractivity contribution in [3.8, 4) is 0 Å². The van der Waals surface area contributed by atoms with Gasteiger partial charge < -0.3 is 10.6 Å². The number of rotatable bonds is 6. The first-order chi connectivity index (χ1) is 10.7. The van der Waals surface area contributed by atoms with Crippen LogP contribution in [-0.2, 0) is 17.9 Å². The first-order valence-electron chi connectivity index (χ1n) is 7.61. The van der Waals surface area contributed by atoms with Gasteiger partial charge in [-0.2, -0.15) is 5.10 Å². The van der Waals surface area contributed by atoms with Gasteiger partial charge in [0, 0.05) is 12.5 Å². The average Bonchev–Trinajstić information content (AvgIpc) is 2.97. The van der Waals surface area contributed by atoms with Crippen LogP contribution in [0.5, 0.6) is 0 Å². The van der Waals surface area contributed by atoms with Crippen LogP contribution in [0.1, 0.15) is 18.1 Å². The lowest BCUT2D eigenvalue weighted by atomic mass is 9.88. The maximum absolute atomic E-state index is 12.1. The summed E-state index contributed by atoms with van der Waals surface area (Å²) in [5.41, 5.74) is 2.27. The Morgan fingerprint density at radius 2 is 2.09 bits per heavy atom. The summed E-state index contributed by atoms with van der Waals surface area (Å²) >= 11 is 0. The largest absolute Gasteiger partial charge is 0.352 e. The number of aromatic nitrogens is 3. The van der Waals surface area contributed by atoms with Gasteiger partial charge in [0.1, 0.15) is 12.7 Å². The summed E-state index contributed by atoms with van der Waals surface area (Å²) in [7, 11) is 0. The SMILES string of the molecule is CC(C(=O)NCc1ccc(Cn2cncn2)cc1)C1CNC1. The van der Waals surface area contributed by atoms with E-state index in [4.69, 9.17) is 0 Å². The summed E-state index contributed by atoms with van der Waals surface area (Å²) in [6.45, 7) is 5.18. The van der Waals surface area contributed by atoms with Crippen LogP contribution in [0.15, 0.2) is 36.9 Å². The Bertz CT molecular complexity index is 604. The number of amides is 1. The Morgan fingerprint density at radius 1 is 1.36 bits per heavy atom. The third-order valence-corrected chi connectivity index (χ3v) is 4.23. The van der Waals surface area contributed by atoms with Gasteiger partial charge in [-0.25, -0.2) is 9.67 Å². The molecule has 0 saturated carbocycles. The Balaban J connectivity index is 1.49. The minimum absolute atomic E-state index is 0.0767. The van der Waals surface area contributed by atoms with E-state index in [-0.39, 0.29) is 11.8 Å². The molecule has 6 heteroatoms. The molecule has 2 heterocycles. The molecule has 1 aliphatic heterocycles. The highest BCUT2D eigenvalue weighted by Crippen LogP contribution is 2.16. The Labute approximate surface area is 129 Å². The van der Waals surface area contributed by atoms with Crippen LogP contribution in [0.4, 0.5) is 0 Å². The Morgan fingerprint density at radius 3 is 2.68 bits per heavy atom. The molecular weight excluding hydrogens is 278 g/mol. The van der Waals surface area contributed by atoms with E-state index in [1.807, 2.05) is 19.1 Å². The molecule has 1 atom stereocenters. The van der Waals surface area contributed by atoms with Crippen molar-refractivity contribution in [3.05, 3.63) is 48.0 Å². The number of hydrogen-bond acceptors (Lipinski definition) is 4. The first kappa shape index (κ1) is 14.7. The normalized spacial score (nSPS) is 16.0. The molecule has 1 unspecified atom stereocenters. The van der Waals surface area contributed by atoms with Crippen molar-refractivity contribution in [2.24, 2.45) is 11.8 Å². The van der Waals surface area contributed by atoms with Crippen molar-refractivity contribution in [2.75, 3.05) is 13.1 Å². The highest BCUT2D eigenvalue weighted by Gasteiger charge is 2.28. The van der Waals surface area contributed by atoms with Crippen molar-refractivity contribution in [3.63, 3.8) is 0 Å². The maximum Gasteiger partial charge on any atom is 0.223 e. The van der Waals surface area contributed by atoms with E-state index in [1.54, 1.807) is 11.0 Å². The van der Waals surface area contributed by atoms with Crippen molar-refractivity contribution in [1.82, 2.24) is 25.4 Å². The third-order valence-electron chi connectivity index (χ3n) is 4.23. The van der Waals surface area contributed by atoms with E-state index in [0.29, 0.717) is 19.0 Å². The first-order valence-corrected chi connectivity index (χ1v) is 7.61. The minimum Gasteiger partial charge on any atom is -0.352 e. The second-order valence-corrected chi connectivity index (χ2v) is 5.83. The zero-order chi connectivity index (χ0) is 15.4. The van der Waals surface area contributed by atoms with Crippen LogP contribution in [0.25, 0.3) is 0 Å². The maximum atomic E-state index is 12.1. The van der Waals surface area contributed by atoms with E-state index in [0.717, 1.165) is 24.2 Å². The van der Waals surface area contributed by atoms with Gasteiger partial charge in [-0.05, 0) is 30.1 Å². The molecule has 1 saturated heterocycles. The summed E-state index contributed by atoms with van der Waals surface area (Å²) in [6.07, 6.45) is 3.23. The second-order valence-electron chi connectivity index (χ2n) is 5.83. The predicted molar refractivity (Wildman–Crippen MR) is 82.9 cm³/mol. The number of benzene rings is 1. The van der Waals surface area contributed by atoms with Gasteiger partial charge in [0.15, 0.2) is 0 Å². The highest BCUT2D eigenvalue weighted by molar-refractivity contribution is 5.78. The van der Waals surface area contributed by atoms with E-state index < -0.39 is 0 Å². The number of carbonyl (C=O) groups excluding carboxylic acids is 1. The van der Waals surface area contributed by atoms with Gasteiger partial charge in [0.2, 0.25) is 5.91 Å². The van der Waals surface area contributed by atoms with Crippen LogP contribution in [0, 0.1) is 11.8 Å². The molecule has 3 rings (SSSR count). The molecule has 1 aromatic heterocycles. The predicted octanol–water partition coefficient (Wildman–Crippen LogP) is 0.798. The van der Waals surface area contributed by atoms with Crippen molar-refractivity contribution >= 4 is 5.91 Å². The number of hydrogen-bond donors (Lipinski definition) is 2. The smallest absolute Gasteiger partial charge is 0.223 e. The molecule has 2 aromatic rings. The fraction of sp³-hybridized carbons (Fsp3) is 0.438. The second kappa shape index (κ2) is 6.70. The molecule has 0 spiro atoms. The van der Waals surface area contributed by atoms with Crippen LogP contribution < -0.4 is 10.6 Å². The van der Waals surface area contributed by atoms with Gasteiger partial charge in [-0.3, -0.25) is 4.79 Å². The van der Waals surface area contributed by atoms with Gasteiger partial charge in [0.25, 0.3) is 0 Å². The zero-order valence-corrected chi connectivity index (χ0v) is 12.7. The van der Waals surface area contributed by atoms with E-state index in [9.17, 15) is 4.79 Å². The van der Waals surface area contributed by atoms with Crippen LogP contribution in [0.2, 0.25) is 0 Å². The molecular formula is C16H21N5O. The monoisotopic (exact) mass is 299 g/mol. The quantitative estimate of drug-likeness (QED) is 0.827. The Kier molecular flexibility index (Phi) is 4.48. The number of nitrogens with one attached hydrogen (secondary N) is 2. The molecule has 116 valence electrons. The topological polar surface area (TPSA) is 71.8 Å². The molecule has 0 aliphatic carbocycles. The van der Waals surface area contributed by atoms with Crippen LogP contribution >= 0.6 is 0 Å². The summed E-state index contributed by atoms with van der Waals surface area (Å²) in [5, 5.41) is 10.3. The molecule has 6 nitrogen and oxygen atoms in total. The third kappa shape index (κ3) is 3.51. The fourth-order valence-electron chi connectivity index (χ4n) is 2.49. The standard InChI is InChI=1S/C16H21N5O/c1-12(15-7-17-8-15)16(22)19-6-13-2-4-14(5-3-13)9-21-11-18-10-20-21/h2-5,10-12,15,17H,6-9H2,1H3,(H,19,22). The van der Waals surface area contributed by atoms with Gasteiger partial charge in [-0.1, -0.05) is 31.2 Å². The molecule has 0 radical (unpaired) electrons.